The lowest BCUT2D eigenvalue weighted by Crippen LogP contribution is -2.39. The maximum atomic E-state index is 11.9. The molecule has 0 saturated carbocycles. The van der Waals surface area contributed by atoms with Crippen LogP contribution in [0.2, 0.25) is 0 Å². The first-order chi connectivity index (χ1) is 9.28. The maximum absolute atomic E-state index is 11.9. The van der Waals surface area contributed by atoms with E-state index >= 15 is 0 Å². The predicted octanol–water partition coefficient (Wildman–Crippen LogP) is 0.706. The summed E-state index contributed by atoms with van der Waals surface area (Å²) < 4.78 is 0. The van der Waals surface area contributed by atoms with Crippen LogP contribution in [0.5, 0.6) is 0 Å². The van der Waals surface area contributed by atoms with Gasteiger partial charge in [0.2, 0.25) is 5.91 Å². The molecule has 0 bridgehead atoms. The summed E-state index contributed by atoms with van der Waals surface area (Å²) in [6.07, 6.45) is 2.29. The van der Waals surface area contributed by atoms with Crippen molar-refractivity contribution in [2.45, 2.75) is 25.3 Å². The average Bonchev–Trinajstić information content (AvgIpc) is 2.92. The first-order valence-corrected chi connectivity index (χ1v) is 6.93. The highest BCUT2D eigenvalue weighted by Gasteiger charge is 2.19. The second kappa shape index (κ2) is 7.26. The summed E-state index contributed by atoms with van der Waals surface area (Å²) in [5, 5.41) is 15.6. The highest BCUT2D eigenvalue weighted by atomic mass is 16.3. The van der Waals surface area contributed by atoms with E-state index in [0.717, 1.165) is 25.1 Å². The Bertz CT molecular complexity index is 388. The Morgan fingerprint density at radius 2 is 2.21 bits per heavy atom. The molecule has 1 unspecified atom stereocenters. The molecule has 2 atom stereocenters. The van der Waals surface area contributed by atoms with E-state index in [9.17, 15) is 9.90 Å². The van der Waals surface area contributed by atoms with E-state index < -0.39 is 0 Å². The first kappa shape index (κ1) is 14.0. The number of carbonyl (C=O) groups is 1. The van der Waals surface area contributed by atoms with E-state index in [2.05, 4.69) is 10.6 Å². The Kier molecular flexibility index (Phi) is 5.36. The lowest BCUT2D eigenvalue weighted by atomic mass is 10.0. The van der Waals surface area contributed by atoms with Gasteiger partial charge < -0.3 is 15.7 Å². The molecule has 19 heavy (non-hydrogen) atoms. The van der Waals surface area contributed by atoms with Gasteiger partial charge in [-0.05, 0) is 37.4 Å². The number of benzene rings is 1. The van der Waals surface area contributed by atoms with Gasteiger partial charge in [0.1, 0.15) is 0 Å². The monoisotopic (exact) mass is 262 g/mol. The van der Waals surface area contributed by atoms with Crippen molar-refractivity contribution >= 4 is 5.91 Å². The smallest absolute Gasteiger partial charge is 0.220 e. The van der Waals surface area contributed by atoms with Crippen molar-refractivity contribution < 1.29 is 9.90 Å². The van der Waals surface area contributed by atoms with Crippen molar-refractivity contribution in [3.8, 4) is 0 Å². The molecule has 1 fully saturated rings. The Hall–Kier alpha value is -1.39. The van der Waals surface area contributed by atoms with E-state index in [1.165, 1.54) is 0 Å². The Balaban J connectivity index is 1.79. The third kappa shape index (κ3) is 4.65. The van der Waals surface area contributed by atoms with Crippen molar-refractivity contribution in [1.82, 2.24) is 10.6 Å². The van der Waals surface area contributed by atoms with Crippen molar-refractivity contribution in [3.63, 3.8) is 0 Å². The number of aliphatic hydroxyl groups excluding tert-OH is 1. The van der Waals surface area contributed by atoms with E-state index in [-0.39, 0.29) is 18.6 Å². The molecule has 0 aromatic heterocycles. The van der Waals surface area contributed by atoms with Gasteiger partial charge >= 0.3 is 0 Å². The van der Waals surface area contributed by atoms with Crippen LogP contribution in [-0.2, 0) is 11.2 Å². The summed E-state index contributed by atoms with van der Waals surface area (Å²) in [7, 11) is 0. The zero-order valence-electron chi connectivity index (χ0n) is 11.1. The van der Waals surface area contributed by atoms with E-state index in [1.54, 1.807) is 0 Å². The number of carbonyl (C=O) groups excluding carboxylic acids is 1. The van der Waals surface area contributed by atoms with E-state index in [1.807, 2.05) is 30.3 Å². The van der Waals surface area contributed by atoms with Crippen molar-refractivity contribution in [2.24, 2.45) is 5.92 Å². The van der Waals surface area contributed by atoms with Gasteiger partial charge in [-0.25, -0.2) is 0 Å². The minimum Gasteiger partial charge on any atom is -0.394 e. The van der Waals surface area contributed by atoms with E-state index in [0.29, 0.717) is 18.8 Å². The third-order valence-electron chi connectivity index (χ3n) is 3.55. The topological polar surface area (TPSA) is 61.4 Å². The zero-order valence-corrected chi connectivity index (χ0v) is 11.1. The summed E-state index contributed by atoms with van der Waals surface area (Å²) in [6, 6.07) is 9.73. The fourth-order valence-corrected chi connectivity index (χ4v) is 2.50. The van der Waals surface area contributed by atoms with Gasteiger partial charge in [-0.1, -0.05) is 30.3 Å². The molecule has 0 aliphatic carbocycles. The fraction of sp³-hybridized carbons (Fsp3) is 0.533. The normalized spacial score (nSPS) is 20.2. The Morgan fingerprint density at radius 1 is 1.42 bits per heavy atom. The fourth-order valence-electron chi connectivity index (χ4n) is 2.50. The third-order valence-corrected chi connectivity index (χ3v) is 3.55. The van der Waals surface area contributed by atoms with Crippen LogP contribution < -0.4 is 10.6 Å². The van der Waals surface area contributed by atoms with Crippen LogP contribution in [-0.4, -0.2) is 36.8 Å². The number of aliphatic hydroxyl groups is 1. The van der Waals surface area contributed by atoms with Crippen molar-refractivity contribution in [3.05, 3.63) is 35.9 Å². The molecule has 1 aliphatic rings. The lowest BCUT2D eigenvalue weighted by molar-refractivity contribution is -0.122. The Morgan fingerprint density at radius 3 is 2.84 bits per heavy atom. The molecule has 0 radical (unpaired) electrons. The molecule has 1 saturated heterocycles. The molecule has 3 N–H and O–H groups in total. The van der Waals surface area contributed by atoms with Crippen LogP contribution in [0.4, 0.5) is 0 Å². The summed E-state index contributed by atoms with van der Waals surface area (Å²) in [5.74, 6) is 0.486. The summed E-state index contributed by atoms with van der Waals surface area (Å²) in [4.78, 5) is 11.9. The van der Waals surface area contributed by atoms with Crippen molar-refractivity contribution in [1.29, 1.82) is 0 Å². The summed E-state index contributed by atoms with van der Waals surface area (Å²) in [6.45, 7) is 1.91. The Labute approximate surface area is 114 Å². The van der Waals surface area contributed by atoms with Crippen molar-refractivity contribution in [2.75, 3.05) is 19.7 Å². The standard InChI is InChI=1S/C15H22N2O2/c18-11-14(8-12-4-2-1-3-5-12)17-15(19)9-13-6-7-16-10-13/h1-5,13-14,16,18H,6-11H2,(H,17,19)/t13?,14-/m0/s1. The molecule has 1 aliphatic heterocycles. The highest BCUT2D eigenvalue weighted by molar-refractivity contribution is 5.76. The molecule has 4 nitrogen and oxygen atoms in total. The van der Waals surface area contributed by atoms with Gasteiger partial charge in [0, 0.05) is 6.42 Å². The largest absolute Gasteiger partial charge is 0.394 e. The minimum atomic E-state index is -0.190. The van der Waals surface area contributed by atoms with Gasteiger partial charge in [-0.3, -0.25) is 4.79 Å². The number of nitrogens with one attached hydrogen (secondary N) is 2. The maximum Gasteiger partial charge on any atom is 0.220 e. The molecule has 1 amide bonds. The van der Waals surface area contributed by atoms with Gasteiger partial charge in [0.25, 0.3) is 0 Å². The molecule has 0 spiro atoms. The minimum absolute atomic E-state index is 0.0243. The molecule has 104 valence electrons. The molecule has 1 aromatic rings. The SMILES string of the molecule is O=C(CC1CCNC1)N[C@H](CO)Cc1ccccc1. The highest BCUT2D eigenvalue weighted by Crippen LogP contribution is 2.12. The van der Waals surface area contributed by atoms with Gasteiger partial charge in [0.05, 0.1) is 12.6 Å². The molecule has 1 aromatic carbocycles. The number of rotatable bonds is 6. The van der Waals surface area contributed by atoms with Gasteiger partial charge in [-0.2, -0.15) is 0 Å². The van der Waals surface area contributed by atoms with Crippen LogP contribution in [0.3, 0.4) is 0 Å². The second-order valence-corrected chi connectivity index (χ2v) is 5.20. The molecule has 1 heterocycles. The molecule has 2 rings (SSSR count). The van der Waals surface area contributed by atoms with Crippen LogP contribution in [0.15, 0.2) is 30.3 Å². The first-order valence-electron chi connectivity index (χ1n) is 6.93. The number of hydrogen-bond donors (Lipinski definition) is 3. The van der Waals surface area contributed by atoms with Gasteiger partial charge in [0.15, 0.2) is 0 Å². The van der Waals surface area contributed by atoms with Crippen LogP contribution in [0, 0.1) is 5.92 Å². The van der Waals surface area contributed by atoms with Crippen LogP contribution in [0.25, 0.3) is 0 Å². The predicted molar refractivity (Wildman–Crippen MR) is 74.8 cm³/mol. The molecular weight excluding hydrogens is 240 g/mol. The van der Waals surface area contributed by atoms with Crippen LogP contribution in [0.1, 0.15) is 18.4 Å². The van der Waals surface area contributed by atoms with Gasteiger partial charge in [-0.15, -0.1) is 0 Å². The summed E-state index contributed by atoms with van der Waals surface area (Å²) in [5.41, 5.74) is 1.13. The zero-order chi connectivity index (χ0) is 13.5. The lowest BCUT2D eigenvalue weighted by Gasteiger charge is -2.17. The second-order valence-electron chi connectivity index (χ2n) is 5.20. The van der Waals surface area contributed by atoms with E-state index in [4.69, 9.17) is 0 Å². The van der Waals surface area contributed by atoms with Crippen LogP contribution >= 0.6 is 0 Å². The summed E-state index contributed by atoms with van der Waals surface area (Å²) >= 11 is 0. The quantitative estimate of drug-likeness (QED) is 0.707. The number of amides is 1. The average molecular weight is 262 g/mol. The molecular formula is C15H22N2O2. The number of hydrogen-bond acceptors (Lipinski definition) is 3. The molecule has 4 heteroatoms.